The fourth-order valence-electron chi connectivity index (χ4n) is 3.07. The standard InChI is InChI=1S/C16H22FN3O2/c17-13-5-6-14(18-9-13)20-8-2-7-16(22,11-20)10-19-15(21)12-3-1-4-12/h5-6,9,12,22H,1-4,7-8,10-11H2,(H,19,21)/t16-/m1/s1. The van der Waals surface area contributed by atoms with Crippen LogP contribution in [-0.2, 0) is 4.79 Å². The molecule has 1 aliphatic carbocycles. The van der Waals surface area contributed by atoms with E-state index in [0.29, 0.717) is 18.8 Å². The van der Waals surface area contributed by atoms with Crippen molar-refractivity contribution in [2.75, 3.05) is 24.5 Å². The number of nitrogens with zero attached hydrogens (tertiary/aromatic N) is 2. The molecule has 1 amide bonds. The van der Waals surface area contributed by atoms with Crippen LogP contribution in [0.3, 0.4) is 0 Å². The second-order valence-electron chi connectivity index (χ2n) is 6.43. The van der Waals surface area contributed by atoms with Gasteiger partial charge in [0, 0.05) is 25.6 Å². The van der Waals surface area contributed by atoms with Crippen LogP contribution in [-0.4, -0.2) is 41.2 Å². The Morgan fingerprint density at radius 3 is 2.91 bits per heavy atom. The average molecular weight is 307 g/mol. The lowest BCUT2D eigenvalue weighted by Gasteiger charge is -2.40. The summed E-state index contributed by atoms with van der Waals surface area (Å²) in [6, 6.07) is 2.99. The second-order valence-corrected chi connectivity index (χ2v) is 6.43. The Morgan fingerprint density at radius 2 is 2.27 bits per heavy atom. The van der Waals surface area contributed by atoms with E-state index < -0.39 is 5.60 Å². The number of carbonyl (C=O) groups is 1. The summed E-state index contributed by atoms with van der Waals surface area (Å²) in [7, 11) is 0. The van der Waals surface area contributed by atoms with E-state index in [1.165, 1.54) is 12.3 Å². The third kappa shape index (κ3) is 3.38. The van der Waals surface area contributed by atoms with Gasteiger partial charge in [-0.2, -0.15) is 0 Å². The van der Waals surface area contributed by atoms with Gasteiger partial charge in [0.05, 0.1) is 11.8 Å². The van der Waals surface area contributed by atoms with Gasteiger partial charge in [0.2, 0.25) is 5.91 Å². The van der Waals surface area contributed by atoms with Gasteiger partial charge >= 0.3 is 0 Å². The molecule has 1 aromatic rings. The topological polar surface area (TPSA) is 65.5 Å². The maximum atomic E-state index is 13.0. The highest BCUT2D eigenvalue weighted by Crippen LogP contribution is 2.27. The first kappa shape index (κ1) is 15.2. The Bertz CT molecular complexity index is 533. The van der Waals surface area contributed by atoms with Crippen molar-refractivity contribution >= 4 is 11.7 Å². The monoisotopic (exact) mass is 307 g/mol. The molecule has 1 aliphatic heterocycles. The highest BCUT2D eigenvalue weighted by molar-refractivity contribution is 5.79. The van der Waals surface area contributed by atoms with E-state index in [1.54, 1.807) is 6.07 Å². The first-order valence-corrected chi connectivity index (χ1v) is 7.92. The quantitative estimate of drug-likeness (QED) is 0.884. The summed E-state index contributed by atoms with van der Waals surface area (Å²) in [6.45, 7) is 1.44. The Kier molecular flexibility index (Phi) is 4.29. The Labute approximate surface area is 129 Å². The molecule has 6 heteroatoms. The summed E-state index contributed by atoms with van der Waals surface area (Å²) in [5.74, 6) is 0.465. The van der Waals surface area contributed by atoms with E-state index in [9.17, 15) is 14.3 Å². The molecule has 0 unspecified atom stereocenters. The number of rotatable bonds is 4. The summed E-state index contributed by atoms with van der Waals surface area (Å²) in [5, 5.41) is 13.6. The number of anilines is 1. The van der Waals surface area contributed by atoms with Crippen LogP contribution in [0, 0.1) is 11.7 Å². The largest absolute Gasteiger partial charge is 0.386 e. The van der Waals surface area contributed by atoms with Gasteiger partial charge in [0.1, 0.15) is 11.6 Å². The van der Waals surface area contributed by atoms with Crippen LogP contribution in [0.1, 0.15) is 32.1 Å². The Balaban J connectivity index is 1.58. The highest BCUT2D eigenvalue weighted by Gasteiger charge is 2.35. The zero-order valence-electron chi connectivity index (χ0n) is 12.6. The van der Waals surface area contributed by atoms with Crippen LogP contribution in [0.4, 0.5) is 10.2 Å². The Morgan fingerprint density at radius 1 is 1.45 bits per heavy atom. The van der Waals surface area contributed by atoms with Crippen molar-refractivity contribution < 1.29 is 14.3 Å². The molecule has 0 spiro atoms. The van der Waals surface area contributed by atoms with Crippen LogP contribution in [0.5, 0.6) is 0 Å². The predicted octanol–water partition coefficient (Wildman–Crippen LogP) is 1.47. The van der Waals surface area contributed by atoms with Gasteiger partial charge in [-0.05, 0) is 37.8 Å². The van der Waals surface area contributed by atoms with Crippen molar-refractivity contribution in [2.24, 2.45) is 5.92 Å². The molecular formula is C16H22FN3O2. The number of nitrogens with one attached hydrogen (secondary N) is 1. The number of amides is 1. The van der Waals surface area contributed by atoms with E-state index in [1.807, 2.05) is 4.90 Å². The lowest BCUT2D eigenvalue weighted by molar-refractivity contribution is -0.128. The summed E-state index contributed by atoms with van der Waals surface area (Å²) in [5.41, 5.74) is -0.951. The van der Waals surface area contributed by atoms with Crippen LogP contribution in [0.25, 0.3) is 0 Å². The molecule has 2 heterocycles. The smallest absolute Gasteiger partial charge is 0.223 e. The van der Waals surface area contributed by atoms with Gasteiger partial charge in [-0.15, -0.1) is 0 Å². The van der Waals surface area contributed by atoms with Gasteiger partial charge in [-0.1, -0.05) is 6.42 Å². The van der Waals surface area contributed by atoms with Crippen molar-refractivity contribution in [1.82, 2.24) is 10.3 Å². The van der Waals surface area contributed by atoms with Gasteiger partial charge < -0.3 is 15.3 Å². The van der Waals surface area contributed by atoms with Crippen molar-refractivity contribution in [3.8, 4) is 0 Å². The first-order chi connectivity index (χ1) is 10.6. The molecule has 1 aromatic heterocycles. The highest BCUT2D eigenvalue weighted by atomic mass is 19.1. The number of hydrogen-bond donors (Lipinski definition) is 2. The molecule has 22 heavy (non-hydrogen) atoms. The number of hydrogen-bond acceptors (Lipinski definition) is 4. The molecule has 2 N–H and O–H groups in total. The zero-order valence-corrected chi connectivity index (χ0v) is 12.6. The van der Waals surface area contributed by atoms with E-state index >= 15 is 0 Å². The minimum atomic E-state index is -0.951. The maximum Gasteiger partial charge on any atom is 0.223 e. The molecular weight excluding hydrogens is 285 g/mol. The third-order valence-corrected chi connectivity index (χ3v) is 4.66. The van der Waals surface area contributed by atoms with Crippen LogP contribution in [0.2, 0.25) is 0 Å². The van der Waals surface area contributed by atoms with Gasteiger partial charge in [-0.3, -0.25) is 4.79 Å². The lowest BCUT2D eigenvalue weighted by Crippen LogP contribution is -2.55. The summed E-state index contributed by atoms with van der Waals surface area (Å²) >= 11 is 0. The molecule has 1 atom stereocenters. The van der Waals surface area contributed by atoms with Crippen molar-refractivity contribution in [2.45, 2.75) is 37.7 Å². The third-order valence-electron chi connectivity index (χ3n) is 4.66. The molecule has 120 valence electrons. The van der Waals surface area contributed by atoms with Gasteiger partial charge in [-0.25, -0.2) is 9.37 Å². The number of aromatic nitrogens is 1. The first-order valence-electron chi connectivity index (χ1n) is 7.92. The fraction of sp³-hybridized carbons (Fsp3) is 0.625. The number of carbonyl (C=O) groups excluding carboxylic acids is 1. The average Bonchev–Trinajstić information content (AvgIpc) is 2.44. The zero-order chi connectivity index (χ0) is 15.6. The normalized spacial score (nSPS) is 25.6. The van der Waals surface area contributed by atoms with E-state index in [-0.39, 0.29) is 24.2 Å². The Hall–Kier alpha value is -1.69. The van der Waals surface area contributed by atoms with Crippen LogP contribution >= 0.6 is 0 Å². The lowest BCUT2D eigenvalue weighted by atomic mass is 9.84. The molecule has 0 aromatic carbocycles. The van der Waals surface area contributed by atoms with Gasteiger partial charge in [0.25, 0.3) is 0 Å². The summed E-state index contributed by atoms with van der Waals surface area (Å²) in [4.78, 5) is 17.9. The molecule has 2 fully saturated rings. The van der Waals surface area contributed by atoms with Crippen molar-refractivity contribution in [1.29, 1.82) is 0 Å². The number of pyridine rings is 1. The minimum Gasteiger partial charge on any atom is -0.386 e. The molecule has 1 saturated carbocycles. The molecule has 2 aliphatic rings. The minimum absolute atomic E-state index is 0.0525. The number of halogens is 1. The summed E-state index contributed by atoms with van der Waals surface area (Å²) in [6.07, 6.45) is 5.67. The summed E-state index contributed by atoms with van der Waals surface area (Å²) < 4.78 is 13.0. The van der Waals surface area contributed by atoms with E-state index in [0.717, 1.165) is 32.2 Å². The molecule has 3 rings (SSSR count). The second kappa shape index (κ2) is 6.20. The predicted molar refractivity (Wildman–Crippen MR) is 80.9 cm³/mol. The molecule has 5 nitrogen and oxygen atoms in total. The SMILES string of the molecule is O=C(NC[C@]1(O)CCCN(c2ccc(F)cn2)C1)C1CCC1. The molecule has 0 radical (unpaired) electrons. The number of β-amino-alcohol motifs (C(OH)–C–C–N with tert-alkyl or cyclic N) is 1. The molecule has 0 bridgehead atoms. The maximum absolute atomic E-state index is 13.0. The fourth-order valence-corrected chi connectivity index (χ4v) is 3.07. The van der Waals surface area contributed by atoms with Crippen LogP contribution < -0.4 is 10.2 Å². The van der Waals surface area contributed by atoms with Crippen molar-refractivity contribution in [3.05, 3.63) is 24.1 Å². The van der Waals surface area contributed by atoms with E-state index in [2.05, 4.69) is 10.3 Å². The van der Waals surface area contributed by atoms with Crippen LogP contribution in [0.15, 0.2) is 18.3 Å². The molecule has 1 saturated heterocycles. The number of aliphatic hydroxyl groups is 1. The number of piperidine rings is 1. The van der Waals surface area contributed by atoms with Gasteiger partial charge in [0.15, 0.2) is 0 Å². The van der Waals surface area contributed by atoms with E-state index in [4.69, 9.17) is 0 Å². The van der Waals surface area contributed by atoms with Crippen molar-refractivity contribution in [3.63, 3.8) is 0 Å².